The first-order valence-corrected chi connectivity index (χ1v) is 11.5. The van der Waals surface area contributed by atoms with E-state index < -0.39 is 5.69 Å². The standard InChI is InChI=1S/C19H17ClN4O4S2/c1-22-13-12(18(26)23(2)19(22)27)14(17-21-9(7-25)8-30-17)24-5-6-29-16(15(13)24)10-3-4-11(20)28-10/h3-4,8,16,25H,5-7H2,1-2H3/t16-/m1/s1. The first-order chi connectivity index (χ1) is 14.4. The lowest BCUT2D eigenvalue weighted by Gasteiger charge is -2.24. The van der Waals surface area contributed by atoms with Crippen LogP contribution in [0.3, 0.4) is 0 Å². The van der Waals surface area contributed by atoms with E-state index >= 15 is 0 Å². The van der Waals surface area contributed by atoms with E-state index in [0.717, 1.165) is 16.0 Å². The van der Waals surface area contributed by atoms with Crippen molar-refractivity contribution in [1.82, 2.24) is 18.7 Å². The number of aryl methyl sites for hydroxylation is 1. The summed E-state index contributed by atoms with van der Waals surface area (Å²) >= 11 is 9.07. The molecule has 0 fully saturated rings. The van der Waals surface area contributed by atoms with Crippen LogP contribution < -0.4 is 11.2 Å². The molecule has 5 rings (SSSR count). The van der Waals surface area contributed by atoms with E-state index in [9.17, 15) is 14.7 Å². The molecule has 11 heteroatoms. The topological polar surface area (TPSA) is 95.2 Å². The predicted octanol–water partition coefficient (Wildman–Crippen LogP) is 2.74. The monoisotopic (exact) mass is 464 g/mol. The third-order valence-electron chi connectivity index (χ3n) is 5.32. The highest BCUT2D eigenvalue weighted by Gasteiger charge is 2.35. The third kappa shape index (κ3) is 2.74. The van der Waals surface area contributed by atoms with Gasteiger partial charge in [0.15, 0.2) is 5.22 Å². The zero-order valence-electron chi connectivity index (χ0n) is 16.1. The largest absolute Gasteiger partial charge is 0.448 e. The lowest BCUT2D eigenvalue weighted by molar-refractivity contribution is 0.278. The van der Waals surface area contributed by atoms with Crippen molar-refractivity contribution in [2.24, 2.45) is 14.1 Å². The van der Waals surface area contributed by atoms with Crippen LogP contribution in [-0.4, -0.2) is 29.5 Å². The lowest BCUT2D eigenvalue weighted by Crippen LogP contribution is -2.37. The number of fused-ring (bicyclic) bond motifs is 3. The fourth-order valence-electron chi connectivity index (χ4n) is 3.98. The minimum absolute atomic E-state index is 0.179. The maximum Gasteiger partial charge on any atom is 0.331 e. The van der Waals surface area contributed by atoms with E-state index in [1.54, 1.807) is 30.3 Å². The average molecular weight is 465 g/mol. The number of hydrogen-bond donors (Lipinski definition) is 1. The van der Waals surface area contributed by atoms with E-state index in [0.29, 0.717) is 39.6 Å². The molecule has 0 saturated carbocycles. The van der Waals surface area contributed by atoms with Crippen LogP contribution in [-0.2, 0) is 27.2 Å². The van der Waals surface area contributed by atoms with Crippen LogP contribution in [0.5, 0.6) is 0 Å². The van der Waals surface area contributed by atoms with Gasteiger partial charge < -0.3 is 14.1 Å². The first kappa shape index (κ1) is 19.7. The van der Waals surface area contributed by atoms with Gasteiger partial charge in [-0.05, 0) is 23.7 Å². The van der Waals surface area contributed by atoms with Crippen molar-refractivity contribution in [3.63, 3.8) is 0 Å². The first-order valence-electron chi connectivity index (χ1n) is 9.17. The van der Waals surface area contributed by atoms with Crippen LogP contribution in [0.2, 0.25) is 5.22 Å². The summed E-state index contributed by atoms with van der Waals surface area (Å²) in [7, 11) is 3.14. The molecule has 156 valence electrons. The van der Waals surface area contributed by atoms with Gasteiger partial charge in [0.1, 0.15) is 16.0 Å². The summed E-state index contributed by atoms with van der Waals surface area (Å²) in [5, 5.41) is 12.4. The minimum Gasteiger partial charge on any atom is -0.448 e. The second-order valence-corrected chi connectivity index (χ2v) is 9.45. The Hall–Kier alpha value is -2.27. The summed E-state index contributed by atoms with van der Waals surface area (Å²) in [4.78, 5) is 30.5. The van der Waals surface area contributed by atoms with Gasteiger partial charge >= 0.3 is 5.69 Å². The van der Waals surface area contributed by atoms with Gasteiger partial charge in [-0.25, -0.2) is 9.78 Å². The van der Waals surface area contributed by atoms with Crippen LogP contribution in [0.15, 0.2) is 31.5 Å². The molecular formula is C19H17ClN4O4S2. The van der Waals surface area contributed by atoms with Crippen molar-refractivity contribution < 1.29 is 9.52 Å². The van der Waals surface area contributed by atoms with Gasteiger partial charge in [0, 0.05) is 31.8 Å². The molecule has 5 heterocycles. The van der Waals surface area contributed by atoms with Crippen molar-refractivity contribution >= 4 is 45.6 Å². The van der Waals surface area contributed by atoms with Gasteiger partial charge in [-0.3, -0.25) is 13.9 Å². The highest BCUT2D eigenvalue weighted by Crippen LogP contribution is 2.47. The number of thiazole rings is 1. The number of halogens is 1. The Morgan fingerprint density at radius 2 is 2.10 bits per heavy atom. The van der Waals surface area contributed by atoms with Gasteiger partial charge in [0.2, 0.25) is 0 Å². The Balaban J connectivity index is 1.94. The molecule has 30 heavy (non-hydrogen) atoms. The average Bonchev–Trinajstić information content (AvgIpc) is 3.46. The van der Waals surface area contributed by atoms with E-state index in [2.05, 4.69) is 9.55 Å². The summed E-state index contributed by atoms with van der Waals surface area (Å²) in [6.07, 6.45) is 0. The molecule has 0 amide bonds. The molecule has 8 nitrogen and oxygen atoms in total. The molecular weight excluding hydrogens is 448 g/mol. The molecule has 1 aliphatic heterocycles. The van der Waals surface area contributed by atoms with Crippen LogP contribution in [0.4, 0.5) is 0 Å². The second kappa shape index (κ2) is 7.16. The Morgan fingerprint density at radius 1 is 1.30 bits per heavy atom. The van der Waals surface area contributed by atoms with Crippen LogP contribution in [0, 0.1) is 0 Å². The summed E-state index contributed by atoms with van der Waals surface area (Å²) in [5.74, 6) is 1.46. The minimum atomic E-state index is -0.394. The number of thioether (sulfide) groups is 1. The third-order valence-corrected chi connectivity index (χ3v) is 7.63. The Labute approximate surface area is 183 Å². The zero-order chi connectivity index (χ0) is 21.2. The molecule has 0 radical (unpaired) electrons. The number of rotatable bonds is 3. The van der Waals surface area contributed by atoms with Crippen molar-refractivity contribution in [3.8, 4) is 10.7 Å². The highest BCUT2D eigenvalue weighted by molar-refractivity contribution is 7.99. The number of aromatic nitrogens is 4. The Bertz CT molecular complexity index is 1410. The van der Waals surface area contributed by atoms with Crippen molar-refractivity contribution in [3.05, 3.63) is 60.7 Å². The number of aliphatic hydroxyl groups excluding tert-OH is 1. The molecule has 0 aliphatic carbocycles. The quantitative estimate of drug-likeness (QED) is 0.501. The number of furan rings is 1. The van der Waals surface area contributed by atoms with E-state index in [1.807, 2.05) is 6.07 Å². The molecule has 0 aromatic carbocycles. The van der Waals surface area contributed by atoms with Crippen LogP contribution in [0.1, 0.15) is 22.4 Å². The molecule has 1 atom stereocenters. The van der Waals surface area contributed by atoms with Gasteiger partial charge in [-0.2, -0.15) is 0 Å². The number of aliphatic hydroxyl groups is 1. The summed E-state index contributed by atoms with van der Waals surface area (Å²) < 4.78 is 10.4. The molecule has 0 saturated heterocycles. The molecule has 1 aliphatic rings. The smallest absolute Gasteiger partial charge is 0.331 e. The molecule has 4 aromatic heterocycles. The van der Waals surface area contributed by atoms with Crippen molar-refractivity contribution in [2.75, 3.05) is 5.75 Å². The van der Waals surface area contributed by atoms with Crippen molar-refractivity contribution in [2.45, 2.75) is 18.4 Å². The lowest BCUT2D eigenvalue weighted by atomic mass is 10.2. The van der Waals surface area contributed by atoms with E-state index in [1.165, 1.54) is 23.0 Å². The normalized spacial score (nSPS) is 16.3. The fourth-order valence-corrected chi connectivity index (χ4v) is 6.21. The Kier molecular flexibility index (Phi) is 4.69. The fraction of sp³-hybridized carbons (Fsp3) is 0.316. The summed E-state index contributed by atoms with van der Waals surface area (Å²) in [6, 6.07) is 3.51. The predicted molar refractivity (Wildman–Crippen MR) is 117 cm³/mol. The maximum absolute atomic E-state index is 13.2. The molecule has 4 aromatic rings. The zero-order valence-corrected chi connectivity index (χ0v) is 18.5. The highest BCUT2D eigenvalue weighted by atomic mass is 35.5. The van der Waals surface area contributed by atoms with E-state index in [4.69, 9.17) is 16.0 Å². The molecule has 0 spiro atoms. The number of nitrogens with zero attached hydrogens (tertiary/aromatic N) is 4. The SMILES string of the molecule is Cn1c(=O)c2c(-c3nc(CO)cs3)n3c(c2n(C)c1=O)[C@@H](c1ccc(Cl)o1)SCC3. The Morgan fingerprint density at radius 3 is 2.77 bits per heavy atom. The summed E-state index contributed by atoms with van der Waals surface area (Å²) in [5.41, 5.74) is 1.84. The van der Waals surface area contributed by atoms with Gasteiger partial charge in [0.25, 0.3) is 5.56 Å². The number of hydrogen-bond acceptors (Lipinski definition) is 7. The molecule has 0 bridgehead atoms. The van der Waals surface area contributed by atoms with Gasteiger partial charge in [-0.1, -0.05) is 0 Å². The second-order valence-electron chi connectivity index (χ2n) is 7.01. The van der Waals surface area contributed by atoms with Gasteiger partial charge in [-0.15, -0.1) is 23.1 Å². The van der Waals surface area contributed by atoms with Crippen molar-refractivity contribution in [1.29, 1.82) is 0 Å². The van der Waals surface area contributed by atoms with E-state index in [-0.39, 0.29) is 22.6 Å². The molecule has 0 unspecified atom stereocenters. The van der Waals surface area contributed by atoms with Gasteiger partial charge in [0.05, 0.1) is 34.6 Å². The van der Waals surface area contributed by atoms with Crippen LogP contribution >= 0.6 is 34.7 Å². The molecule has 1 N–H and O–H groups in total. The maximum atomic E-state index is 13.2. The van der Waals surface area contributed by atoms with Crippen LogP contribution in [0.25, 0.3) is 21.6 Å². The summed E-state index contributed by atoms with van der Waals surface area (Å²) in [6.45, 7) is 0.474.